The van der Waals surface area contributed by atoms with Crippen molar-refractivity contribution in [2.24, 2.45) is 9.50 Å². The molecule has 6 nitrogen and oxygen atoms in total. The van der Waals surface area contributed by atoms with Crippen molar-refractivity contribution in [1.82, 2.24) is 4.98 Å². The van der Waals surface area contributed by atoms with Gasteiger partial charge in [-0.15, -0.1) is 15.7 Å². The number of carbonyl (C=O) groups excluding carboxylic acids is 1. The van der Waals surface area contributed by atoms with Gasteiger partial charge in [0.1, 0.15) is 5.60 Å². The topological polar surface area (TPSA) is 106 Å². The van der Waals surface area contributed by atoms with Crippen LogP contribution in [0, 0.1) is 0 Å². The Labute approximate surface area is 97.8 Å². The van der Waals surface area contributed by atoms with Crippen molar-refractivity contribution in [2.75, 3.05) is 0 Å². The van der Waals surface area contributed by atoms with Crippen molar-refractivity contribution in [2.45, 2.75) is 30.7 Å². The van der Waals surface area contributed by atoms with E-state index in [0.717, 1.165) is 18.3 Å². The summed E-state index contributed by atoms with van der Waals surface area (Å²) >= 11 is 1.01. The van der Waals surface area contributed by atoms with Gasteiger partial charge >= 0.3 is 0 Å². The Morgan fingerprint density at radius 1 is 1.69 bits per heavy atom. The van der Waals surface area contributed by atoms with Gasteiger partial charge < -0.3 is 5.11 Å². The lowest BCUT2D eigenvalue weighted by Gasteiger charge is -2.12. The fourth-order valence-electron chi connectivity index (χ4n) is 0.903. The fraction of sp³-hybridized carbons (Fsp3) is 0.500. The molecule has 3 N–H and O–H groups in total. The zero-order valence-electron chi connectivity index (χ0n) is 9.13. The molecule has 0 aromatic carbocycles. The molecule has 1 aromatic rings. The zero-order chi connectivity index (χ0) is 12.6. The van der Waals surface area contributed by atoms with E-state index >= 15 is 0 Å². The third-order valence-electron chi connectivity index (χ3n) is 1.62. The second kappa shape index (κ2) is 4.21. The summed E-state index contributed by atoms with van der Waals surface area (Å²) in [6.45, 7) is 4.26. The highest BCUT2D eigenvalue weighted by atomic mass is 32.2. The van der Waals surface area contributed by atoms with Crippen LogP contribution in [0.2, 0.25) is 0 Å². The van der Waals surface area contributed by atoms with Crippen molar-refractivity contribution in [3.05, 3.63) is 11.1 Å². The summed E-state index contributed by atoms with van der Waals surface area (Å²) in [6, 6.07) is 0. The maximum absolute atomic E-state index is 11.8. The number of amides is 1. The quantitative estimate of drug-likeness (QED) is 0.815. The molecule has 0 fully saturated rings. The van der Waals surface area contributed by atoms with E-state index in [-0.39, 0.29) is 4.34 Å². The first-order valence-corrected chi connectivity index (χ1v) is 6.82. The second-order valence-corrected chi connectivity index (χ2v) is 6.56. The molecule has 0 aliphatic heterocycles. The van der Waals surface area contributed by atoms with E-state index in [1.807, 2.05) is 0 Å². The first-order chi connectivity index (χ1) is 7.13. The van der Waals surface area contributed by atoms with E-state index < -0.39 is 21.4 Å². The maximum Gasteiger partial charge on any atom is 0.252 e. The Balaban J connectivity index is 3.23. The van der Waals surface area contributed by atoms with Crippen LogP contribution in [-0.2, 0) is 20.3 Å². The fourth-order valence-corrected chi connectivity index (χ4v) is 3.10. The molecule has 0 saturated carbocycles. The second-order valence-electron chi connectivity index (χ2n) is 3.74. The van der Waals surface area contributed by atoms with Crippen molar-refractivity contribution in [1.29, 1.82) is 0 Å². The molecule has 0 aliphatic rings. The first-order valence-electron chi connectivity index (χ1n) is 4.37. The minimum atomic E-state index is -3.28. The number of rotatable bonds is 2. The lowest BCUT2D eigenvalue weighted by molar-refractivity contribution is -0.115. The predicted molar refractivity (Wildman–Crippen MR) is 61.1 cm³/mol. The summed E-state index contributed by atoms with van der Waals surface area (Å²) in [5, 5.41) is 16.6. The van der Waals surface area contributed by atoms with Crippen LogP contribution in [0.3, 0.4) is 0 Å². The molecule has 8 heteroatoms. The molecule has 1 rings (SSSR count). The normalized spacial score (nSPS) is 15.6. The minimum Gasteiger partial charge on any atom is -0.384 e. The molecule has 0 aliphatic carbocycles. The number of carbonyl (C=O) groups is 1. The summed E-state index contributed by atoms with van der Waals surface area (Å²) in [4.78, 5) is 14.7. The number of nitrogens with two attached hydrogens (primary N) is 1. The van der Waals surface area contributed by atoms with Crippen LogP contribution in [-0.4, -0.2) is 20.2 Å². The summed E-state index contributed by atoms with van der Waals surface area (Å²) < 4.78 is 15.1. The van der Waals surface area contributed by atoms with Crippen LogP contribution in [0.25, 0.3) is 0 Å². The predicted octanol–water partition coefficient (Wildman–Crippen LogP) is 0.618. The Kier molecular flexibility index (Phi) is 3.48. The summed E-state index contributed by atoms with van der Waals surface area (Å²) in [6.07, 6.45) is 0. The van der Waals surface area contributed by atoms with Gasteiger partial charge in [0.05, 0.1) is 5.69 Å². The number of nitrogens with zero attached hydrogens (tertiary/aromatic N) is 2. The SMILES string of the molecule is CC(=O)N=S(N)(=O)c1nc(C(C)(C)O)cs1. The monoisotopic (exact) mass is 263 g/mol. The van der Waals surface area contributed by atoms with Crippen LogP contribution in [0.1, 0.15) is 26.5 Å². The van der Waals surface area contributed by atoms with Gasteiger partial charge in [-0.25, -0.2) is 14.3 Å². The summed E-state index contributed by atoms with van der Waals surface area (Å²) in [5.41, 5.74) is -0.787. The summed E-state index contributed by atoms with van der Waals surface area (Å²) in [5.74, 6) is -0.618. The molecular weight excluding hydrogens is 250 g/mol. The highest BCUT2D eigenvalue weighted by Crippen LogP contribution is 2.24. The van der Waals surface area contributed by atoms with E-state index in [2.05, 4.69) is 9.35 Å². The molecule has 0 spiro atoms. The van der Waals surface area contributed by atoms with Gasteiger partial charge in [0, 0.05) is 12.3 Å². The molecule has 90 valence electrons. The molecule has 1 amide bonds. The standard InChI is InChI=1S/C8H13N3O3S2/c1-5(12)11-16(9,14)7-10-6(4-15-7)8(2,3)13/h4,13H,1-3H3,(H2,9,11,12,14). The largest absolute Gasteiger partial charge is 0.384 e. The van der Waals surface area contributed by atoms with E-state index in [4.69, 9.17) is 5.14 Å². The molecule has 0 saturated heterocycles. The number of hydrogen-bond donors (Lipinski definition) is 2. The van der Waals surface area contributed by atoms with Gasteiger partial charge in [-0.2, -0.15) is 0 Å². The van der Waals surface area contributed by atoms with Crippen molar-refractivity contribution in [3.63, 3.8) is 0 Å². The van der Waals surface area contributed by atoms with Gasteiger partial charge in [-0.05, 0) is 13.8 Å². The molecular formula is C8H13N3O3S2. The molecule has 1 aromatic heterocycles. The third-order valence-corrected chi connectivity index (χ3v) is 4.38. The van der Waals surface area contributed by atoms with Gasteiger partial charge in [0.25, 0.3) is 5.91 Å². The average molecular weight is 263 g/mol. The molecule has 0 bridgehead atoms. The lowest BCUT2D eigenvalue weighted by Crippen LogP contribution is -2.18. The number of hydrogen-bond acceptors (Lipinski definition) is 5. The smallest absolute Gasteiger partial charge is 0.252 e. The van der Waals surface area contributed by atoms with E-state index in [9.17, 15) is 14.1 Å². The van der Waals surface area contributed by atoms with Crippen molar-refractivity contribution in [3.8, 4) is 0 Å². The number of aliphatic hydroxyl groups is 1. The Morgan fingerprint density at radius 3 is 2.62 bits per heavy atom. The highest BCUT2D eigenvalue weighted by Gasteiger charge is 2.22. The number of thiazole rings is 1. The molecule has 0 radical (unpaired) electrons. The molecule has 1 unspecified atom stereocenters. The number of aromatic nitrogens is 1. The van der Waals surface area contributed by atoms with Crippen LogP contribution < -0.4 is 5.14 Å². The van der Waals surface area contributed by atoms with Crippen LogP contribution in [0.5, 0.6) is 0 Å². The van der Waals surface area contributed by atoms with E-state index in [1.165, 1.54) is 5.38 Å². The lowest BCUT2D eigenvalue weighted by atomic mass is 10.1. The average Bonchev–Trinajstić information content (AvgIpc) is 2.47. The van der Waals surface area contributed by atoms with E-state index in [0.29, 0.717) is 5.69 Å². The molecule has 16 heavy (non-hydrogen) atoms. The Morgan fingerprint density at radius 2 is 2.25 bits per heavy atom. The maximum atomic E-state index is 11.8. The van der Waals surface area contributed by atoms with Crippen molar-refractivity contribution >= 4 is 27.2 Å². The van der Waals surface area contributed by atoms with E-state index in [1.54, 1.807) is 13.8 Å². The van der Waals surface area contributed by atoms with Crippen molar-refractivity contribution < 1.29 is 14.1 Å². The first kappa shape index (κ1) is 13.2. The molecule has 1 heterocycles. The summed E-state index contributed by atoms with van der Waals surface area (Å²) in [7, 11) is -3.28. The van der Waals surface area contributed by atoms with Crippen LogP contribution >= 0.6 is 11.3 Å². The highest BCUT2D eigenvalue weighted by molar-refractivity contribution is 7.93. The van der Waals surface area contributed by atoms with Crippen LogP contribution in [0.4, 0.5) is 0 Å². The van der Waals surface area contributed by atoms with Gasteiger partial charge in [-0.3, -0.25) is 4.79 Å². The Bertz CT molecular complexity index is 521. The van der Waals surface area contributed by atoms with Gasteiger partial charge in [0.2, 0.25) is 4.34 Å². The Hall–Kier alpha value is -0.830. The molecule has 1 atom stereocenters. The van der Waals surface area contributed by atoms with Gasteiger partial charge in [-0.1, -0.05) is 0 Å². The minimum absolute atomic E-state index is 0.0415. The third kappa shape index (κ3) is 3.08. The van der Waals surface area contributed by atoms with Crippen LogP contribution in [0.15, 0.2) is 14.1 Å². The van der Waals surface area contributed by atoms with Gasteiger partial charge in [0.15, 0.2) is 9.92 Å². The zero-order valence-corrected chi connectivity index (χ0v) is 10.8.